The van der Waals surface area contributed by atoms with Crippen molar-refractivity contribution in [2.45, 2.75) is 11.3 Å². The lowest BCUT2D eigenvalue weighted by Gasteiger charge is -2.05. The van der Waals surface area contributed by atoms with Crippen molar-refractivity contribution >= 4 is 20.0 Å². The van der Waals surface area contributed by atoms with Crippen molar-refractivity contribution in [3.8, 4) is 0 Å². The predicted molar refractivity (Wildman–Crippen MR) is 62.0 cm³/mol. The van der Waals surface area contributed by atoms with Crippen molar-refractivity contribution in [3.05, 3.63) is 24.3 Å². The lowest BCUT2D eigenvalue weighted by molar-refractivity contribution is 0.572. The van der Waals surface area contributed by atoms with E-state index in [1.165, 1.54) is 0 Å². The first-order valence-corrected chi connectivity index (χ1v) is 8.01. The van der Waals surface area contributed by atoms with Crippen LogP contribution in [-0.2, 0) is 20.0 Å². The number of nitrogens with two attached hydrogens (primary N) is 1. The molecule has 0 aliphatic heterocycles. The van der Waals surface area contributed by atoms with Gasteiger partial charge in [-0.05, 0) is 12.5 Å². The van der Waals surface area contributed by atoms with Crippen LogP contribution in [0.25, 0.3) is 0 Å². The summed E-state index contributed by atoms with van der Waals surface area (Å²) in [5, 5.41) is 4.75. The number of nitrogens with zero attached hydrogens (tertiary/aromatic N) is 1. The molecule has 0 bridgehead atoms. The van der Waals surface area contributed by atoms with Gasteiger partial charge in [0.05, 0.1) is 11.9 Å². The van der Waals surface area contributed by atoms with Gasteiger partial charge in [-0.25, -0.2) is 31.1 Å². The minimum absolute atomic E-state index is 0.0286. The van der Waals surface area contributed by atoms with E-state index in [0.717, 1.165) is 18.5 Å². The van der Waals surface area contributed by atoms with E-state index in [2.05, 4.69) is 9.71 Å². The van der Waals surface area contributed by atoms with Crippen molar-refractivity contribution in [2.75, 3.05) is 12.3 Å². The molecule has 1 aromatic heterocycles. The van der Waals surface area contributed by atoms with Crippen LogP contribution in [0.3, 0.4) is 0 Å². The average Bonchev–Trinajstić information content (AvgIpc) is 2.23. The second-order valence-corrected chi connectivity index (χ2v) is 6.96. The van der Waals surface area contributed by atoms with Crippen LogP contribution in [0.15, 0.2) is 23.4 Å². The Bertz CT molecular complexity index is 615. The molecular formula is C8H12FN3O4S2. The number of nitrogens with one attached hydrogen (secondary N) is 1. The third kappa shape index (κ3) is 5.04. The van der Waals surface area contributed by atoms with Crippen LogP contribution < -0.4 is 9.86 Å². The first-order valence-electron chi connectivity index (χ1n) is 4.81. The number of aromatic nitrogens is 1. The molecule has 0 atom stereocenters. The molecule has 3 N–H and O–H groups in total. The Morgan fingerprint density at radius 1 is 1.28 bits per heavy atom. The number of halogens is 1. The molecule has 1 aromatic rings. The van der Waals surface area contributed by atoms with E-state index in [9.17, 15) is 21.2 Å². The van der Waals surface area contributed by atoms with E-state index >= 15 is 0 Å². The van der Waals surface area contributed by atoms with E-state index in [4.69, 9.17) is 5.14 Å². The van der Waals surface area contributed by atoms with Gasteiger partial charge in [0.1, 0.15) is 10.7 Å². The molecule has 0 unspecified atom stereocenters. The summed E-state index contributed by atoms with van der Waals surface area (Å²) in [5.41, 5.74) is 0. The van der Waals surface area contributed by atoms with Crippen LogP contribution in [0.4, 0.5) is 4.39 Å². The third-order valence-electron chi connectivity index (χ3n) is 1.89. The van der Waals surface area contributed by atoms with Crippen LogP contribution in [0.1, 0.15) is 6.42 Å². The Labute approximate surface area is 104 Å². The number of hydrogen-bond donors (Lipinski definition) is 2. The SMILES string of the molecule is NS(=O)(=O)CCCNS(=O)(=O)c1cncc(F)c1. The number of pyridine rings is 1. The highest BCUT2D eigenvalue weighted by molar-refractivity contribution is 7.89. The normalized spacial score (nSPS) is 12.6. The summed E-state index contributed by atoms with van der Waals surface area (Å²) in [4.78, 5) is 3.09. The zero-order valence-corrected chi connectivity index (χ0v) is 10.8. The maximum Gasteiger partial charge on any atom is 0.242 e. The maximum atomic E-state index is 12.8. The molecule has 1 rings (SSSR count). The Balaban J connectivity index is 2.61. The second kappa shape index (κ2) is 5.69. The van der Waals surface area contributed by atoms with Gasteiger partial charge in [0.15, 0.2) is 0 Å². The Morgan fingerprint density at radius 3 is 2.50 bits per heavy atom. The molecule has 0 aliphatic carbocycles. The predicted octanol–water partition coefficient (Wildman–Crippen LogP) is -0.822. The molecule has 0 aromatic carbocycles. The molecule has 0 fully saturated rings. The van der Waals surface area contributed by atoms with Crippen molar-refractivity contribution in [3.63, 3.8) is 0 Å². The minimum atomic E-state index is -3.89. The first-order chi connectivity index (χ1) is 8.21. The Morgan fingerprint density at radius 2 is 1.94 bits per heavy atom. The lowest BCUT2D eigenvalue weighted by Crippen LogP contribution is -2.27. The van der Waals surface area contributed by atoms with E-state index in [1.807, 2.05) is 0 Å². The molecule has 0 amide bonds. The van der Waals surface area contributed by atoms with E-state index in [-0.39, 0.29) is 23.6 Å². The van der Waals surface area contributed by atoms with Crippen LogP contribution in [0.5, 0.6) is 0 Å². The molecule has 7 nitrogen and oxygen atoms in total. The highest BCUT2D eigenvalue weighted by Crippen LogP contribution is 2.08. The lowest BCUT2D eigenvalue weighted by atomic mass is 10.5. The summed E-state index contributed by atoms with van der Waals surface area (Å²) in [6, 6.07) is 0.814. The van der Waals surface area contributed by atoms with Gasteiger partial charge >= 0.3 is 0 Å². The van der Waals surface area contributed by atoms with Crippen molar-refractivity contribution in [1.82, 2.24) is 9.71 Å². The Hall–Kier alpha value is -1.10. The largest absolute Gasteiger partial charge is 0.260 e. The van der Waals surface area contributed by atoms with Gasteiger partial charge < -0.3 is 0 Å². The first kappa shape index (κ1) is 15.0. The molecule has 0 saturated heterocycles. The molecule has 10 heteroatoms. The molecule has 0 saturated carbocycles. The molecule has 0 spiro atoms. The van der Waals surface area contributed by atoms with E-state index < -0.39 is 25.9 Å². The van der Waals surface area contributed by atoms with Crippen molar-refractivity contribution in [1.29, 1.82) is 0 Å². The zero-order chi connectivity index (χ0) is 13.8. The summed E-state index contributed by atoms with van der Waals surface area (Å²) in [6.07, 6.45) is 1.89. The van der Waals surface area contributed by atoms with Gasteiger partial charge in [-0.15, -0.1) is 0 Å². The van der Waals surface area contributed by atoms with Crippen LogP contribution in [0, 0.1) is 5.82 Å². The van der Waals surface area contributed by atoms with Crippen molar-refractivity contribution in [2.24, 2.45) is 5.14 Å². The van der Waals surface area contributed by atoms with Gasteiger partial charge in [-0.1, -0.05) is 0 Å². The van der Waals surface area contributed by atoms with Gasteiger partial charge in [0, 0.05) is 12.7 Å². The van der Waals surface area contributed by atoms with Gasteiger partial charge in [0.25, 0.3) is 0 Å². The average molecular weight is 297 g/mol. The summed E-state index contributed by atoms with van der Waals surface area (Å²) in [6.45, 7) is -0.116. The van der Waals surface area contributed by atoms with Gasteiger partial charge in [0.2, 0.25) is 20.0 Å². The maximum absolute atomic E-state index is 12.8. The van der Waals surface area contributed by atoms with E-state index in [0.29, 0.717) is 0 Å². The van der Waals surface area contributed by atoms with Crippen LogP contribution in [-0.4, -0.2) is 34.1 Å². The zero-order valence-electron chi connectivity index (χ0n) is 9.21. The summed E-state index contributed by atoms with van der Waals surface area (Å²) in [7, 11) is -7.51. The smallest absolute Gasteiger partial charge is 0.242 e. The molecule has 1 heterocycles. The summed E-state index contributed by atoms with van der Waals surface area (Å²) >= 11 is 0. The quantitative estimate of drug-likeness (QED) is 0.665. The standard InChI is InChI=1S/C8H12FN3O4S2/c9-7-4-8(6-11-5-7)18(15,16)12-2-1-3-17(10,13)14/h4-6,12H,1-3H2,(H2,10,13,14). The monoisotopic (exact) mass is 297 g/mol. The Kier molecular flexibility index (Phi) is 4.73. The third-order valence-corrected chi connectivity index (χ3v) is 4.17. The fourth-order valence-electron chi connectivity index (χ4n) is 1.10. The minimum Gasteiger partial charge on any atom is -0.260 e. The number of sulfonamides is 2. The van der Waals surface area contributed by atoms with Crippen LogP contribution >= 0.6 is 0 Å². The number of primary sulfonamides is 1. The summed E-state index contributed by atoms with van der Waals surface area (Å²) in [5.74, 6) is -1.11. The molecular weight excluding hydrogens is 285 g/mol. The molecule has 0 aliphatic rings. The topological polar surface area (TPSA) is 119 Å². The van der Waals surface area contributed by atoms with Crippen LogP contribution in [0.2, 0.25) is 0 Å². The van der Waals surface area contributed by atoms with E-state index in [1.54, 1.807) is 0 Å². The summed E-state index contributed by atoms with van der Waals surface area (Å²) < 4.78 is 59.4. The van der Waals surface area contributed by atoms with Gasteiger partial charge in [-0.2, -0.15) is 0 Å². The van der Waals surface area contributed by atoms with Crippen molar-refractivity contribution < 1.29 is 21.2 Å². The second-order valence-electron chi connectivity index (χ2n) is 3.46. The van der Waals surface area contributed by atoms with Gasteiger partial charge in [-0.3, -0.25) is 4.98 Å². The molecule has 0 radical (unpaired) electrons. The number of rotatable bonds is 6. The number of hydrogen-bond acceptors (Lipinski definition) is 5. The fraction of sp³-hybridized carbons (Fsp3) is 0.375. The molecule has 18 heavy (non-hydrogen) atoms. The highest BCUT2D eigenvalue weighted by Gasteiger charge is 2.14. The molecule has 102 valence electrons. The highest BCUT2D eigenvalue weighted by atomic mass is 32.2. The fourth-order valence-corrected chi connectivity index (χ4v) is 2.70.